The number of benzene rings is 2. The Morgan fingerprint density at radius 1 is 0.857 bits per heavy atom. The van der Waals surface area contributed by atoms with Crippen LogP contribution >= 0.6 is 0 Å². The topological polar surface area (TPSA) is 52.5 Å². The number of nitrogens with one attached hydrogen (secondary N) is 1. The molecule has 3 heteroatoms. The maximum atomic E-state index is 9.05. The van der Waals surface area contributed by atoms with Gasteiger partial charge in [0, 0.05) is 19.2 Å². The lowest BCUT2D eigenvalue weighted by molar-refractivity contribution is 0.275. The van der Waals surface area contributed by atoms with Gasteiger partial charge >= 0.3 is 0 Å². The highest BCUT2D eigenvalue weighted by Crippen LogP contribution is 2.19. The molecule has 0 heterocycles. The van der Waals surface area contributed by atoms with E-state index in [9.17, 15) is 0 Å². The van der Waals surface area contributed by atoms with Crippen LogP contribution in [0.2, 0.25) is 0 Å². The van der Waals surface area contributed by atoms with Gasteiger partial charge in [0.05, 0.1) is 6.61 Å². The smallest absolute Gasteiger partial charge is 0.0681 e. The maximum absolute atomic E-state index is 9.05. The number of hydrogen-bond donors (Lipinski definition) is 3. The zero-order valence-corrected chi connectivity index (χ0v) is 12.2. The van der Waals surface area contributed by atoms with Gasteiger partial charge < -0.3 is 15.5 Å². The summed E-state index contributed by atoms with van der Waals surface area (Å²) in [6.07, 6.45) is 1.70. The Hall–Kier alpha value is -1.68. The molecule has 0 aliphatic heterocycles. The monoisotopic (exact) mass is 285 g/mol. The third-order valence-electron chi connectivity index (χ3n) is 3.61. The molecule has 0 spiro atoms. The molecule has 0 aliphatic rings. The van der Waals surface area contributed by atoms with E-state index in [1.165, 1.54) is 11.1 Å². The Balaban J connectivity index is 1.97. The van der Waals surface area contributed by atoms with Crippen LogP contribution in [0, 0.1) is 0 Å². The molecule has 3 N–H and O–H groups in total. The Bertz CT molecular complexity index is 511. The molecule has 0 amide bonds. The third-order valence-corrected chi connectivity index (χ3v) is 3.61. The van der Waals surface area contributed by atoms with Crippen molar-refractivity contribution in [3.05, 3.63) is 71.3 Å². The Morgan fingerprint density at radius 3 is 2.14 bits per heavy atom. The summed E-state index contributed by atoms with van der Waals surface area (Å²) in [5.41, 5.74) is 3.37. The molecule has 3 nitrogen and oxygen atoms in total. The SMILES string of the molecule is OCCCC(NCc1ccc(CO)cc1)c1ccccc1. The molecule has 2 rings (SSSR count). The summed E-state index contributed by atoms with van der Waals surface area (Å²) in [5, 5.41) is 21.7. The number of rotatable bonds is 8. The molecule has 0 fully saturated rings. The van der Waals surface area contributed by atoms with E-state index in [2.05, 4.69) is 17.4 Å². The van der Waals surface area contributed by atoms with Crippen LogP contribution in [-0.4, -0.2) is 16.8 Å². The standard InChI is InChI=1S/C18H23NO2/c20-12-4-7-18(17-5-2-1-3-6-17)19-13-15-8-10-16(14-21)11-9-15/h1-3,5-6,8-11,18-21H,4,7,12-14H2. The van der Waals surface area contributed by atoms with E-state index < -0.39 is 0 Å². The van der Waals surface area contributed by atoms with Crippen LogP contribution in [0.1, 0.15) is 35.6 Å². The molecule has 2 aromatic carbocycles. The summed E-state index contributed by atoms with van der Waals surface area (Å²) in [6, 6.07) is 18.5. The van der Waals surface area contributed by atoms with Gasteiger partial charge in [0.15, 0.2) is 0 Å². The first-order valence-electron chi connectivity index (χ1n) is 7.41. The summed E-state index contributed by atoms with van der Waals surface area (Å²) in [5.74, 6) is 0. The zero-order chi connectivity index (χ0) is 14.9. The van der Waals surface area contributed by atoms with Gasteiger partial charge in [-0.15, -0.1) is 0 Å². The quantitative estimate of drug-likeness (QED) is 0.699. The van der Waals surface area contributed by atoms with Gasteiger partial charge in [-0.1, -0.05) is 54.6 Å². The van der Waals surface area contributed by atoms with E-state index >= 15 is 0 Å². The van der Waals surface area contributed by atoms with Crippen molar-refractivity contribution in [2.45, 2.75) is 32.0 Å². The fourth-order valence-electron chi connectivity index (χ4n) is 2.37. The molecule has 0 aromatic heterocycles. The highest BCUT2D eigenvalue weighted by molar-refractivity contribution is 5.23. The van der Waals surface area contributed by atoms with Crippen LogP contribution in [0.25, 0.3) is 0 Å². The van der Waals surface area contributed by atoms with E-state index in [-0.39, 0.29) is 19.3 Å². The van der Waals surface area contributed by atoms with Gasteiger partial charge in [-0.2, -0.15) is 0 Å². The minimum absolute atomic E-state index is 0.0802. The average Bonchev–Trinajstić information content (AvgIpc) is 2.56. The highest BCUT2D eigenvalue weighted by Gasteiger charge is 2.10. The van der Waals surface area contributed by atoms with Crippen LogP contribution in [-0.2, 0) is 13.2 Å². The normalized spacial score (nSPS) is 12.3. The first-order valence-corrected chi connectivity index (χ1v) is 7.41. The van der Waals surface area contributed by atoms with Crippen molar-refractivity contribution in [3.8, 4) is 0 Å². The molecule has 112 valence electrons. The predicted molar refractivity (Wildman–Crippen MR) is 84.7 cm³/mol. The molecule has 21 heavy (non-hydrogen) atoms. The summed E-state index contributed by atoms with van der Waals surface area (Å²) in [7, 11) is 0. The minimum Gasteiger partial charge on any atom is -0.396 e. The molecular formula is C18H23NO2. The fourth-order valence-corrected chi connectivity index (χ4v) is 2.37. The van der Waals surface area contributed by atoms with Crippen LogP contribution < -0.4 is 5.32 Å². The van der Waals surface area contributed by atoms with E-state index in [1.807, 2.05) is 42.5 Å². The lowest BCUT2D eigenvalue weighted by Crippen LogP contribution is -2.21. The van der Waals surface area contributed by atoms with Crippen molar-refractivity contribution in [2.24, 2.45) is 0 Å². The minimum atomic E-state index is 0.0802. The molecule has 1 atom stereocenters. The second kappa shape index (κ2) is 8.57. The molecule has 1 unspecified atom stereocenters. The molecule has 0 aliphatic carbocycles. The Kier molecular flexibility index (Phi) is 6.41. The van der Waals surface area contributed by atoms with Gasteiger partial charge in [-0.3, -0.25) is 0 Å². The Morgan fingerprint density at radius 2 is 1.52 bits per heavy atom. The maximum Gasteiger partial charge on any atom is 0.0681 e. The molecule has 2 aromatic rings. The lowest BCUT2D eigenvalue weighted by Gasteiger charge is -2.19. The molecule has 0 saturated carbocycles. The first-order chi connectivity index (χ1) is 10.3. The largest absolute Gasteiger partial charge is 0.396 e. The van der Waals surface area contributed by atoms with Crippen LogP contribution in [0.15, 0.2) is 54.6 Å². The van der Waals surface area contributed by atoms with Gasteiger partial charge in [0.1, 0.15) is 0 Å². The van der Waals surface area contributed by atoms with Crippen LogP contribution in [0.3, 0.4) is 0 Å². The second-order valence-electron chi connectivity index (χ2n) is 5.18. The molecular weight excluding hydrogens is 262 g/mol. The number of aliphatic hydroxyl groups is 2. The van der Waals surface area contributed by atoms with Crippen LogP contribution in [0.5, 0.6) is 0 Å². The van der Waals surface area contributed by atoms with Crippen molar-refractivity contribution >= 4 is 0 Å². The predicted octanol–water partition coefficient (Wildman–Crippen LogP) is 2.78. The molecule has 0 bridgehead atoms. The fraction of sp³-hybridized carbons (Fsp3) is 0.333. The lowest BCUT2D eigenvalue weighted by atomic mass is 10.0. The summed E-state index contributed by atoms with van der Waals surface area (Å²) >= 11 is 0. The second-order valence-corrected chi connectivity index (χ2v) is 5.18. The number of hydrogen-bond acceptors (Lipinski definition) is 3. The van der Waals surface area contributed by atoms with E-state index in [1.54, 1.807) is 0 Å². The molecule has 0 saturated heterocycles. The van der Waals surface area contributed by atoms with Crippen molar-refractivity contribution < 1.29 is 10.2 Å². The van der Waals surface area contributed by atoms with Gasteiger partial charge in [0.25, 0.3) is 0 Å². The molecule has 0 radical (unpaired) electrons. The average molecular weight is 285 g/mol. The van der Waals surface area contributed by atoms with Crippen molar-refractivity contribution in [2.75, 3.05) is 6.61 Å². The zero-order valence-electron chi connectivity index (χ0n) is 12.2. The van der Waals surface area contributed by atoms with Gasteiger partial charge in [-0.25, -0.2) is 0 Å². The van der Waals surface area contributed by atoms with E-state index in [0.29, 0.717) is 0 Å². The summed E-state index contributed by atoms with van der Waals surface area (Å²) in [6.45, 7) is 1.07. The van der Waals surface area contributed by atoms with Gasteiger partial charge in [0.2, 0.25) is 0 Å². The van der Waals surface area contributed by atoms with Gasteiger partial charge in [-0.05, 0) is 29.5 Å². The number of aliphatic hydroxyl groups excluding tert-OH is 2. The Labute approximate surface area is 126 Å². The van der Waals surface area contributed by atoms with Crippen LogP contribution in [0.4, 0.5) is 0 Å². The van der Waals surface area contributed by atoms with E-state index in [0.717, 1.165) is 24.9 Å². The van der Waals surface area contributed by atoms with Crippen molar-refractivity contribution in [1.82, 2.24) is 5.32 Å². The first kappa shape index (κ1) is 15.7. The summed E-state index contributed by atoms with van der Waals surface area (Å²) < 4.78 is 0. The van der Waals surface area contributed by atoms with Crippen molar-refractivity contribution in [1.29, 1.82) is 0 Å². The highest BCUT2D eigenvalue weighted by atomic mass is 16.3. The van der Waals surface area contributed by atoms with E-state index in [4.69, 9.17) is 10.2 Å². The summed E-state index contributed by atoms with van der Waals surface area (Å²) in [4.78, 5) is 0. The third kappa shape index (κ3) is 4.97. The van der Waals surface area contributed by atoms with Crippen molar-refractivity contribution in [3.63, 3.8) is 0 Å².